The third kappa shape index (κ3) is 3.01. The molecule has 2 aromatic rings. The van der Waals surface area contributed by atoms with E-state index in [1.807, 2.05) is 22.6 Å². The van der Waals surface area contributed by atoms with Crippen molar-refractivity contribution in [2.75, 3.05) is 10.5 Å². The standard InChI is InChI=1S/C12H9F2IN2O2S/c13-8-5-7(16)6-9(14)12(8)20(18,19)17-11-4-2-1-3-10(11)15/h1-6,17H,16H2. The molecule has 0 aliphatic rings. The van der Waals surface area contributed by atoms with Crippen LogP contribution >= 0.6 is 22.6 Å². The third-order valence-corrected chi connectivity index (χ3v) is 4.76. The van der Waals surface area contributed by atoms with Crippen molar-refractivity contribution >= 4 is 44.0 Å². The zero-order valence-electron chi connectivity index (χ0n) is 9.90. The van der Waals surface area contributed by atoms with Crippen LogP contribution in [0.2, 0.25) is 0 Å². The number of nitrogens with one attached hydrogen (secondary N) is 1. The van der Waals surface area contributed by atoms with Crippen LogP contribution in [0.15, 0.2) is 41.3 Å². The van der Waals surface area contributed by atoms with Gasteiger partial charge < -0.3 is 5.73 Å². The number of hydrogen-bond acceptors (Lipinski definition) is 3. The van der Waals surface area contributed by atoms with E-state index in [9.17, 15) is 17.2 Å². The number of halogens is 3. The first kappa shape index (κ1) is 15.0. The zero-order chi connectivity index (χ0) is 14.9. The SMILES string of the molecule is Nc1cc(F)c(S(=O)(=O)Nc2ccccc2I)c(F)c1. The van der Waals surface area contributed by atoms with Crippen molar-refractivity contribution in [3.8, 4) is 0 Å². The molecule has 0 atom stereocenters. The van der Waals surface area contributed by atoms with Crippen LogP contribution in [-0.4, -0.2) is 8.42 Å². The molecule has 2 rings (SSSR count). The van der Waals surface area contributed by atoms with Gasteiger partial charge in [0.25, 0.3) is 10.0 Å². The Bertz CT molecular complexity index is 743. The largest absolute Gasteiger partial charge is 0.399 e. The lowest BCUT2D eigenvalue weighted by Gasteiger charge is -2.11. The number of para-hydroxylation sites is 1. The van der Waals surface area contributed by atoms with Crippen molar-refractivity contribution in [1.29, 1.82) is 0 Å². The number of nitrogens with two attached hydrogens (primary N) is 1. The first-order valence-corrected chi connectivity index (χ1v) is 7.89. The van der Waals surface area contributed by atoms with Gasteiger partial charge in [0.2, 0.25) is 0 Å². The molecule has 0 fully saturated rings. The summed E-state index contributed by atoms with van der Waals surface area (Å²) in [6.07, 6.45) is 0. The van der Waals surface area contributed by atoms with Crippen LogP contribution in [0.3, 0.4) is 0 Å². The molecular weight excluding hydrogens is 401 g/mol. The maximum absolute atomic E-state index is 13.7. The fraction of sp³-hybridized carbons (Fsp3) is 0. The van der Waals surface area contributed by atoms with E-state index in [-0.39, 0.29) is 11.4 Å². The summed E-state index contributed by atoms with van der Waals surface area (Å²) in [5, 5.41) is 0. The van der Waals surface area contributed by atoms with Crippen molar-refractivity contribution in [3.05, 3.63) is 51.6 Å². The van der Waals surface area contributed by atoms with E-state index in [0.717, 1.165) is 12.1 Å². The lowest BCUT2D eigenvalue weighted by Crippen LogP contribution is -2.17. The zero-order valence-corrected chi connectivity index (χ0v) is 12.9. The van der Waals surface area contributed by atoms with E-state index in [1.165, 1.54) is 6.07 Å². The number of hydrogen-bond donors (Lipinski definition) is 2. The Labute approximate surface area is 128 Å². The molecule has 0 unspecified atom stereocenters. The highest BCUT2D eigenvalue weighted by atomic mass is 127. The van der Waals surface area contributed by atoms with E-state index < -0.39 is 26.6 Å². The van der Waals surface area contributed by atoms with Gasteiger partial charge in [-0.25, -0.2) is 17.2 Å². The average molecular weight is 410 g/mol. The Morgan fingerprint density at radius 3 is 2.20 bits per heavy atom. The molecule has 0 bridgehead atoms. The average Bonchev–Trinajstić information content (AvgIpc) is 2.30. The van der Waals surface area contributed by atoms with Crippen LogP contribution in [0, 0.1) is 15.2 Å². The highest BCUT2D eigenvalue weighted by Gasteiger charge is 2.25. The normalized spacial score (nSPS) is 11.3. The second-order valence-corrected chi connectivity index (χ2v) is 6.68. The van der Waals surface area contributed by atoms with Crippen LogP contribution in [0.4, 0.5) is 20.2 Å². The van der Waals surface area contributed by atoms with Crippen molar-refractivity contribution < 1.29 is 17.2 Å². The van der Waals surface area contributed by atoms with Gasteiger partial charge in [-0.2, -0.15) is 0 Å². The molecule has 0 heterocycles. The fourth-order valence-corrected chi connectivity index (χ4v) is 3.48. The Morgan fingerprint density at radius 2 is 1.65 bits per heavy atom. The molecule has 3 N–H and O–H groups in total. The van der Waals surface area contributed by atoms with E-state index in [2.05, 4.69) is 4.72 Å². The van der Waals surface area contributed by atoms with Crippen molar-refractivity contribution in [3.63, 3.8) is 0 Å². The Balaban J connectivity index is 2.50. The maximum atomic E-state index is 13.7. The number of benzene rings is 2. The molecule has 0 aliphatic heterocycles. The van der Waals surface area contributed by atoms with E-state index in [1.54, 1.807) is 18.2 Å². The van der Waals surface area contributed by atoms with Crippen molar-refractivity contribution in [2.24, 2.45) is 0 Å². The number of nitrogen functional groups attached to an aromatic ring is 1. The molecule has 8 heteroatoms. The highest BCUT2D eigenvalue weighted by molar-refractivity contribution is 14.1. The Hall–Kier alpha value is -1.42. The molecular formula is C12H9F2IN2O2S. The minimum absolute atomic E-state index is 0.187. The maximum Gasteiger partial charge on any atom is 0.267 e. The lowest BCUT2D eigenvalue weighted by atomic mass is 10.3. The van der Waals surface area contributed by atoms with E-state index >= 15 is 0 Å². The predicted octanol–water partition coefficient (Wildman–Crippen LogP) is 2.95. The van der Waals surface area contributed by atoms with Gasteiger partial charge in [0.05, 0.1) is 5.69 Å². The van der Waals surface area contributed by atoms with Gasteiger partial charge in [-0.15, -0.1) is 0 Å². The minimum Gasteiger partial charge on any atom is -0.399 e. The Morgan fingerprint density at radius 1 is 1.10 bits per heavy atom. The third-order valence-electron chi connectivity index (χ3n) is 2.41. The molecule has 106 valence electrons. The van der Waals surface area contributed by atoms with Gasteiger partial charge in [-0.05, 0) is 46.9 Å². The predicted molar refractivity (Wildman–Crippen MR) is 80.7 cm³/mol. The molecule has 0 aliphatic carbocycles. The monoisotopic (exact) mass is 410 g/mol. The summed E-state index contributed by atoms with van der Waals surface area (Å²) in [4.78, 5) is -1.05. The Kier molecular flexibility index (Phi) is 4.14. The first-order valence-electron chi connectivity index (χ1n) is 5.33. The molecule has 0 saturated carbocycles. The highest BCUT2D eigenvalue weighted by Crippen LogP contribution is 2.26. The second-order valence-electron chi connectivity index (χ2n) is 3.90. The van der Waals surface area contributed by atoms with Gasteiger partial charge in [0.1, 0.15) is 11.6 Å². The molecule has 2 aromatic carbocycles. The van der Waals surface area contributed by atoms with Crippen molar-refractivity contribution in [2.45, 2.75) is 4.90 Å². The van der Waals surface area contributed by atoms with Crippen LogP contribution in [-0.2, 0) is 10.0 Å². The molecule has 0 spiro atoms. The van der Waals surface area contributed by atoms with Gasteiger partial charge >= 0.3 is 0 Å². The summed E-state index contributed by atoms with van der Waals surface area (Å²) in [7, 11) is -4.37. The van der Waals surface area contributed by atoms with Gasteiger partial charge in [0, 0.05) is 9.26 Å². The first-order chi connectivity index (χ1) is 9.31. The topological polar surface area (TPSA) is 72.2 Å². The number of anilines is 2. The van der Waals surface area contributed by atoms with E-state index in [4.69, 9.17) is 5.73 Å². The number of sulfonamides is 1. The van der Waals surface area contributed by atoms with Crippen LogP contribution in [0.1, 0.15) is 0 Å². The van der Waals surface area contributed by atoms with Gasteiger partial charge in [-0.3, -0.25) is 4.72 Å². The summed E-state index contributed by atoms with van der Waals surface area (Å²) < 4.78 is 54.2. The molecule has 4 nitrogen and oxygen atoms in total. The second kappa shape index (κ2) is 5.52. The number of rotatable bonds is 3. The van der Waals surface area contributed by atoms with E-state index in [0.29, 0.717) is 3.57 Å². The van der Waals surface area contributed by atoms with Crippen LogP contribution in [0.5, 0.6) is 0 Å². The quantitative estimate of drug-likeness (QED) is 0.604. The van der Waals surface area contributed by atoms with Crippen molar-refractivity contribution in [1.82, 2.24) is 0 Å². The molecule has 0 aromatic heterocycles. The van der Waals surface area contributed by atoms with Crippen LogP contribution in [0.25, 0.3) is 0 Å². The van der Waals surface area contributed by atoms with Crippen LogP contribution < -0.4 is 10.5 Å². The molecule has 0 saturated heterocycles. The van der Waals surface area contributed by atoms with Gasteiger partial charge in [-0.1, -0.05) is 12.1 Å². The summed E-state index contributed by atoms with van der Waals surface area (Å²) >= 11 is 1.91. The summed E-state index contributed by atoms with van der Waals surface area (Å²) in [5.74, 6) is -2.47. The summed E-state index contributed by atoms with van der Waals surface area (Å²) in [6, 6.07) is 7.99. The van der Waals surface area contributed by atoms with Gasteiger partial charge in [0.15, 0.2) is 4.90 Å². The minimum atomic E-state index is -4.37. The fourth-order valence-electron chi connectivity index (χ4n) is 1.58. The molecule has 0 amide bonds. The lowest BCUT2D eigenvalue weighted by molar-refractivity contribution is 0.522. The summed E-state index contributed by atoms with van der Waals surface area (Å²) in [5.41, 5.74) is 5.30. The molecule has 0 radical (unpaired) electrons. The summed E-state index contributed by atoms with van der Waals surface area (Å²) in [6.45, 7) is 0. The molecule has 20 heavy (non-hydrogen) atoms. The smallest absolute Gasteiger partial charge is 0.267 e.